The van der Waals surface area contributed by atoms with Gasteiger partial charge in [-0.1, -0.05) is 12.1 Å². The fourth-order valence-electron chi connectivity index (χ4n) is 1.12. The van der Waals surface area contributed by atoms with Crippen LogP contribution in [0.5, 0.6) is 0 Å². The minimum Gasteiger partial charge on any atom is -0.355 e. The smallest absolute Gasteiger partial charge is 0.270 e. The fraction of sp³-hybridized carbons (Fsp3) is 0.0909. The van der Waals surface area contributed by atoms with Gasteiger partial charge in [0.05, 0.1) is 4.92 Å². The zero-order valence-electron chi connectivity index (χ0n) is 9.55. The number of rotatable bonds is 5. The maximum atomic E-state index is 10.6. The molecule has 94 valence electrons. The SMILES string of the molecule is C=CCNC(=S)N[NH+]=Cc1cccc([N+](=O)[O-])c1. The van der Waals surface area contributed by atoms with Crippen LogP contribution in [0.1, 0.15) is 5.56 Å². The van der Waals surface area contributed by atoms with Crippen molar-refractivity contribution in [1.29, 1.82) is 0 Å². The summed E-state index contributed by atoms with van der Waals surface area (Å²) in [6.45, 7) is 4.10. The van der Waals surface area contributed by atoms with Gasteiger partial charge in [0.15, 0.2) is 6.21 Å². The number of nitro benzene ring substituents is 1. The Morgan fingerprint density at radius 1 is 1.61 bits per heavy atom. The zero-order valence-corrected chi connectivity index (χ0v) is 10.4. The number of benzene rings is 1. The quantitative estimate of drug-likeness (QED) is 0.223. The Morgan fingerprint density at radius 2 is 2.39 bits per heavy atom. The Labute approximate surface area is 110 Å². The summed E-state index contributed by atoms with van der Waals surface area (Å²) in [5.41, 5.74) is 3.42. The minimum atomic E-state index is -0.443. The van der Waals surface area contributed by atoms with Crippen LogP contribution in [0.3, 0.4) is 0 Å². The van der Waals surface area contributed by atoms with Crippen molar-refractivity contribution in [3.63, 3.8) is 0 Å². The van der Waals surface area contributed by atoms with E-state index in [4.69, 9.17) is 12.2 Å². The molecule has 0 aliphatic heterocycles. The minimum absolute atomic E-state index is 0.0397. The summed E-state index contributed by atoms with van der Waals surface area (Å²) in [5, 5.41) is 16.6. The average molecular weight is 265 g/mol. The zero-order chi connectivity index (χ0) is 13.4. The molecule has 0 aliphatic rings. The van der Waals surface area contributed by atoms with Gasteiger partial charge in [-0.25, -0.2) is 0 Å². The van der Waals surface area contributed by atoms with Crippen LogP contribution in [0, 0.1) is 10.1 Å². The van der Waals surface area contributed by atoms with Crippen LogP contribution in [0.2, 0.25) is 0 Å². The highest BCUT2D eigenvalue weighted by molar-refractivity contribution is 7.80. The summed E-state index contributed by atoms with van der Waals surface area (Å²) >= 11 is 4.94. The van der Waals surface area contributed by atoms with Gasteiger partial charge < -0.3 is 5.32 Å². The van der Waals surface area contributed by atoms with Crippen molar-refractivity contribution < 1.29 is 10.0 Å². The Hall–Kier alpha value is -2.28. The Balaban J connectivity index is 2.56. The van der Waals surface area contributed by atoms with Crippen LogP contribution in [0.15, 0.2) is 36.9 Å². The summed E-state index contributed by atoms with van der Waals surface area (Å²) in [5.74, 6) is 0. The lowest BCUT2D eigenvalue weighted by molar-refractivity contribution is -0.500. The molecule has 0 bridgehead atoms. The van der Waals surface area contributed by atoms with Crippen LogP contribution in [-0.4, -0.2) is 22.8 Å². The molecule has 0 atom stereocenters. The molecule has 0 spiro atoms. The van der Waals surface area contributed by atoms with E-state index in [0.29, 0.717) is 17.2 Å². The second-order valence-electron chi connectivity index (χ2n) is 3.26. The molecule has 18 heavy (non-hydrogen) atoms. The molecule has 3 N–H and O–H groups in total. The van der Waals surface area contributed by atoms with Gasteiger partial charge in [0, 0.05) is 24.2 Å². The van der Waals surface area contributed by atoms with Crippen molar-refractivity contribution in [3.05, 3.63) is 52.6 Å². The monoisotopic (exact) mass is 265 g/mol. The summed E-state index contributed by atoms with van der Waals surface area (Å²) in [6.07, 6.45) is 3.26. The fourth-order valence-corrected chi connectivity index (χ4v) is 1.26. The van der Waals surface area contributed by atoms with Gasteiger partial charge in [-0.2, -0.15) is 0 Å². The van der Waals surface area contributed by atoms with Crippen molar-refractivity contribution in [1.82, 2.24) is 10.7 Å². The standard InChI is InChI=1S/C11H12N4O2S/c1-2-6-12-11(18)14-13-8-9-4-3-5-10(7-9)15(16)17/h2-5,7-8H,1,6H2,(H2,12,14,18)/p+1. The molecule has 7 heteroatoms. The summed E-state index contributed by atoms with van der Waals surface area (Å²) < 4.78 is 0. The van der Waals surface area contributed by atoms with Gasteiger partial charge in [-0.15, -0.1) is 17.1 Å². The van der Waals surface area contributed by atoms with Gasteiger partial charge in [0.2, 0.25) is 5.11 Å². The number of thiocarbonyl (C=S) groups is 1. The first-order valence-corrected chi connectivity index (χ1v) is 5.52. The molecule has 0 heterocycles. The molecular formula is C11H13N4O2S+. The van der Waals surface area contributed by atoms with Gasteiger partial charge in [-0.05, 0) is 18.3 Å². The van der Waals surface area contributed by atoms with Gasteiger partial charge in [0.25, 0.3) is 5.69 Å². The predicted molar refractivity (Wildman–Crippen MR) is 73.2 cm³/mol. The lowest BCUT2D eigenvalue weighted by atomic mass is 10.2. The Bertz CT molecular complexity index is 488. The van der Waals surface area contributed by atoms with Gasteiger partial charge in [0.1, 0.15) is 0 Å². The van der Waals surface area contributed by atoms with E-state index < -0.39 is 4.92 Å². The number of non-ortho nitro benzene ring substituents is 1. The molecule has 0 saturated carbocycles. The van der Waals surface area contributed by atoms with Crippen molar-refractivity contribution in [2.45, 2.75) is 0 Å². The molecule has 6 nitrogen and oxygen atoms in total. The van der Waals surface area contributed by atoms with E-state index in [-0.39, 0.29) is 5.69 Å². The number of nitrogens with zero attached hydrogens (tertiary/aromatic N) is 1. The van der Waals surface area contributed by atoms with E-state index in [0.717, 1.165) is 0 Å². The van der Waals surface area contributed by atoms with Crippen molar-refractivity contribution in [2.75, 3.05) is 6.54 Å². The maximum Gasteiger partial charge on any atom is 0.270 e. The first-order chi connectivity index (χ1) is 8.63. The first-order valence-electron chi connectivity index (χ1n) is 5.11. The Kier molecular flexibility index (Phi) is 5.46. The average Bonchev–Trinajstić information content (AvgIpc) is 2.36. The van der Waals surface area contributed by atoms with E-state index in [1.54, 1.807) is 24.4 Å². The van der Waals surface area contributed by atoms with Crippen molar-refractivity contribution >= 4 is 29.2 Å². The summed E-state index contributed by atoms with van der Waals surface area (Å²) in [6, 6.07) is 6.23. The number of nitrogens with one attached hydrogen (secondary N) is 3. The third-order valence-corrected chi connectivity index (χ3v) is 2.16. The molecule has 0 fully saturated rings. The molecule has 1 rings (SSSR count). The highest BCUT2D eigenvalue weighted by Crippen LogP contribution is 2.10. The van der Waals surface area contributed by atoms with E-state index in [1.807, 2.05) is 0 Å². The molecule has 0 radical (unpaired) electrons. The molecule has 0 unspecified atom stereocenters. The van der Waals surface area contributed by atoms with E-state index >= 15 is 0 Å². The van der Waals surface area contributed by atoms with Crippen LogP contribution in [0.25, 0.3) is 0 Å². The van der Waals surface area contributed by atoms with Crippen molar-refractivity contribution in [3.8, 4) is 0 Å². The lowest BCUT2D eigenvalue weighted by Crippen LogP contribution is -2.82. The van der Waals surface area contributed by atoms with Crippen LogP contribution >= 0.6 is 12.2 Å². The normalized spacial score (nSPS) is 10.0. The summed E-state index contributed by atoms with van der Waals surface area (Å²) in [7, 11) is 0. The molecule has 0 saturated heterocycles. The predicted octanol–water partition coefficient (Wildman–Crippen LogP) is -0.341. The second kappa shape index (κ2) is 7.13. The lowest BCUT2D eigenvalue weighted by Gasteiger charge is -1.99. The third kappa shape index (κ3) is 4.71. The first kappa shape index (κ1) is 13.8. The van der Waals surface area contributed by atoms with Crippen LogP contribution in [0.4, 0.5) is 5.69 Å². The van der Waals surface area contributed by atoms with Gasteiger partial charge >= 0.3 is 0 Å². The number of hydrazine groups is 1. The molecule has 1 aromatic rings. The maximum absolute atomic E-state index is 10.6. The van der Waals surface area contributed by atoms with E-state index in [2.05, 4.69) is 22.4 Å². The topological polar surface area (TPSA) is 81.2 Å². The third-order valence-electron chi connectivity index (χ3n) is 1.91. The highest BCUT2D eigenvalue weighted by atomic mass is 32.1. The number of hydrogen-bond acceptors (Lipinski definition) is 3. The van der Waals surface area contributed by atoms with Gasteiger partial charge in [-0.3, -0.25) is 10.1 Å². The molecule has 0 amide bonds. The summed E-state index contributed by atoms with van der Waals surface area (Å²) in [4.78, 5) is 10.1. The van der Waals surface area contributed by atoms with Crippen LogP contribution in [-0.2, 0) is 0 Å². The molecule has 1 aromatic carbocycles. The number of hydrogen-bond donors (Lipinski definition) is 3. The Morgan fingerprint density at radius 3 is 3.06 bits per heavy atom. The van der Waals surface area contributed by atoms with E-state index in [1.165, 1.54) is 12.1 Å². The largest absolute Gasteiger partial charge is 0.355 e. The highest BCUT2D eigenvalue weighted by Gasteiger charge is 2.05. The molecule has 0 aromatic heterocycles. The molecule has 0 aliphatic carbocycles. The van der Waals surface area contributed by atoms with E-state index in [9.17, 15) is 10.1 Å². The second-order valence-corrected chi connectivity index (χ2v) is 3.67. The number of hydrazone groups is 1. The molecular weight excluding hydrogens is 252 g/mol. The van der Waals surface area contributed by atoms with Crippen molar-refractivity contribution in [2.24, 2.45) is 0 Å². The van der Waals surface area contributed by atoms with Crippen LogP contribution < -0.4 is 15.8 Å². The number of nitro groups is 1.